The summed E-state index contributed by atoms with van der Waals surface area (Å²) in [7, 11) is 0. The second-order valence-corrected chi connectivity index (χ2v) is 8.13. The van der Waals surface area contributed by atoms with Gasteiger partial charge in [-0.3, -0.25) is 4.79 Å². The number of carbonyl (C=O) groups excluding carboxylic acids is 1. The van der Waals surface area contributed by atoms with Gasteiger partial charge in [0.05, 0.1) is 17.2 Å². The van der Waals surface area contributed by atoms with Crippen LogP contribution in [0.1, 0.15) is 46.0 Å². The normalized spacial score (nSPS) is 14.3. The lowest BCUT2D eigenvalue weighted by Crippen LogP contribution is -2.33. The summed E-state index contributed by atoms with van der Waals surface area (Å²) in [5.41, 5.74) is 1.85. The van der Waals surface area contributed by atoms with E-state index < -0.39 is 0 Å². The van der Waals surface area contributed by atoms with E-state index in [9.17, 15) is 4.79 Å². The molecule has 27 heavy (non-hydrogen) atoms. The fourth-order valence-corrected chi connectivity index (χ4v) is 4.26. The van der Waals surface area contributed by atoms with Gasteiger partial charge < -0.3 is 4.90 Å². The van der Waals surface area contributed by atoms with Crippen molar-refractivity contribution in [3.05, 3.63) is 51.7 Å². The van der Waals surface area contributed by atoms with Gasteiger partial charge in [0.15, 0.2) is 5.82 Å². The van der Waals surface area contributed by atoms with Crippen LogP contribution in [0.15, 0.2) is 30.3 Å². The van der Waals surface area contributed by atoms with E-state index in [1.807, 2.05) is 46.8 Å². The van der Waals surface area contributed by atoms with Crippen molar-refractivity contribution in [2.45, 2.75) is 39.7 Å². The maximum Gasteiger partial charge on any atom is 0.265 e. The number of aromatic nitrogens is 4. The zero-order valence-corrected chi connectivity index (χ0v) is 16.7. The number of carbonyl (C=O) groups is 1. The number of thiazole rings is 1. The van der Waals surface area contributed by atoms with Gasteiger partial charge in [0.1, 0.15) is 10.7 Å². The number of nitrogens with zero attached hydrogens (tertiary/aromatic N) is 5. The van der Waals surface area contributed by atoms with Crippen LogP contribution in [0.25, 0.3) is 11.4 Å². The topological polar surface area (TPSA) is 63.9 Å². The van der Waals surface area contributed by atoms with E-state index in [0.717, 1.165) is 32.8 Å². The average Bonchev–Trinajstić information content (AvgIpc) is 3.20. The fraction of sp³-hybridized carbons (Fsp3) is 0.400. The minimum Gasteiger partial charge on any atom is -0.336 e. The second kappa shape index (κ2) is 7.23. The van der Waals surface area contributed by atoms with Gasteiger partial charge in [0, 0.05) is 31.0 Å². The lowest BCUT2D eigenvalue weighted by atomic mass is 10.2. The van der Waals surface area contributed by atoms with Crippen molar-refractivity contribution in [2.75, 3.05) is 13.1 Å². The molecule has 3 aromatic rings. The quantitative estimate of drug-likeness (QED) is 0.696. The van der Waals surface area contributed by atoms with Crippen LogP contribution < -0.4 is 0 Å². The third-order valence-electron chi connectivity index (χ3n) is 4.76. The van der Waals surface area contributed by atoms with Gasteiger partial charge in [-0.15, -0.1) is 11.3 Å². The van der Waals surface area contributed by atoms with E-state index in [1.54, 1.807) is 0 Å². The van der Waals surface area contributed by atoms with Gasteiger partial charge in [-0.1, -0.05) is 44.2 Å². The Bertz CT molecular complexity index is 935. The minimum absolute atomic E-state index is 0.0749. The first-order valence-electron chi connectivity index (χ1n) is 9.28. The molecule has 4 rings (SSSR count). The molecular formula is C20H23N5OS. The van der Waals surface area contributed by atoms with Crippen molar-refractivity contribution in [2.24, 2.45) is 0 Å². The molecule has 2 aromatic heterocycles. The molecule has 0 atom stereocenters. The molecule has 0 fully saturated rings. The smallest absolute Gasteiger partial charge is 0.265 e. The van der Waals surface area contributed by atoms with Gasteiger partial charge in [0.2, 0.25) is 0 Å². The average molecular weight is 382 g/mol. The van der Waals surface area contributed by atoms with Crippen LogP contribution in [0, 0.1) is 6.92 Å². The summed E-state index contributed by atoms with van der Waals surface area (Å²) >= 11 is 1.52. The van der Waals surface area contributed by atoms with E-state index in [4.69, 9.17) is 4.98 Å². The van der Waals surface area contributed by atoms with Crippen LogP contribution in [-0.2, 0) is 13.0 Å². The molecule has 0 radical (unpaired) electrons. The first-order chi connectivity index (χ1) is 13.0. The van der Waals surface area contributed by atoms with E-state index in [2.05, 4.69) is 23.9 Å². The van der Waals surface area contributed by atoms with Crippen LogP contribution in [0.3, 0.4) is 0 Å². The van der Waals surface area contributed by atoms with E-state index in [1.165, 1.54) is 11.3 Å². The molecule has 0 unspecified atom stereocenters. The Morgan fingerprint density at radius 2 is 1.89 bits per heavy atom. The molecule has 0 saturated heterocycles. The molecule has 1 aliphatic rings. The molecular weight excluding hydrogens is 358 g/mol. The number of aryl methyl sites for hydroxylation is 1. The van der Waals surface area contributed by atoms with Crippen molar-refractivity contribution in [1.82, 2.24) is 24.6 Å². The Labute approximate surface area is 162 Å². The highest BCUT2D eigenvalue weighted by Crippen LogP contribution is 2.26. The lowest BCUT2D eigenvalue weighted by molar-refractivity contribution is 0.0762. The summed E-state index contributed by atoms with van der Waals surface area (Å²) in [4.78, 5) is 24.9. The highest BCUT2D eigenvalue weighted by atomic mass is 32.1. The first-order valence-corrected chi connectivity index (χ1v) is 10.1. The van der Waals surface area contributed by atoms with E-state index in [0.29, 0.717) is 32.0 Å². The molecule has 0 bridgehead atoms. The first kappa shape index (κ1) is 17.9. The van der Waals surface area contributed by atoms with Gasteiger partial charge in [0.25, 0.3) is 5.91 Å². The summed E-state index contributed by atoms with van der Waals surface area (Å²) in [6.07, 6.45) is 0.709. The molecule has 0 N–H and O–H groups in total. The summed E-state index contributed by atoms with van der Waals surface area (Å²) in [6, 6.07) is 10.0. The predicted molar refractivity (Wildman–Crippen MR) is 106 cm³/mol. The summed E-state index contributed by atoms with van der Waals surface area (Å²) < 4.78 is 1.94. The van der Waals surface area contributed by atoms with Crippen LogP contribution in [0.4, 0.5) is 0 Å². The SMILES string of the molecule is Cc1nc(C(C)C)sc1C(=O)N1CCc2nc(-c3ccccc3)nn2CC1. The Morgan fingerprint density at radius 3 is 2.59 bits per heavy atom. The molecule has 3 heterocycles. The lowest BCUT2D eigenvalue weighted by Gasteiger charge is -2.19. The highest BCUT2D eigenvalue weighted by Gasteiger charge is 2.25. The number of fused-ring (bicyclic) bond motifs is 1. The number of amides is 1. The van der Waals surface area contributed by atoms with Crippen molar-refractivity contribution in [3.8, 4) is 11.4 Å². The van der Waals surface area contributed by atoms with Gasteiger partial charge in [-0.25, -0.2) is 14.6 Å². The molecule has 1 aliphatic heterocycles. The molecule has 6 nitrogen and oxygen atoms in total. The molecule has 0 saturated carbocycles. The Hall–Kier alpha value is -2.54. The number of hydrogen-bond acceptors (Lipinski definition) is 5. The van der Waals surface area contributed by atoms with Crippen LogP contribution in [0.2, 0.25) is 0 Å². The van der Waals surface area contributed by atoms with Crippen LogP contribution in [-0.4, -0.2) is 43.6 Å². The molecule has 140 valence electrons. The number of benzene rings is 1. The maximum atomic E-state index is 13.0. The minimum atomic E-state index is 0.0749. The Kier molecular flexibility index (Phi) is 4.78. The molecule has 1 amide bonds. The Balaban J connectivity index is 1.51. The van der Waals surface area contributed by atoms with Crippen LogP contribution in [0.5, 0.6) is 0 Å². The fourth-order valence-electron chi connectivity index (χ4n) is 3.22. The largest absolute Gasteiger partial charge is 0.336 e. The maximum absolute atomic E-state index is 13.0. The molecule has 0 aliphatic carbocycles. The van der Waals surface area contributed by atoms with Crippen molar-refractivity contribution < 1.29 is 4.79 Å². The molecule has 0 spiro atoms. The summed E-state index contributed by atoms with van der Waals surface area (Å²) in [6.45, 7) is 8.08. The van der Waals surface area contributed by atoms with E-state index >= 15 is 0 Å². The number of hydrogen-bond donors (Lipinski definition) is 0. The van der Waals surface area contributed by atoms with E-state index in [-0.39, 0.29) is 5.91 Å². The van der Waals surface area contributed by atoms with Gasteiger partial charge in [-0.2, -0.15) is 5.10 Å². The monoisotopic (exact) mass is 381 g/mol. The predicted octanol–water partition coefficient (Wildman–Crippen LogP) is 3.53. The standard InChI is InChI=1S/C20H23N5OS/c1-13(2)19-21-14(3)17(27-19)20(26)24-10-9-16-22-18(23-25(16)12-11-24)15-7-5-4-6-8-15/h4-8,13H,9-12H2,1-3H3. The third kappa shape index (κ3) is 3.51. The van der Waals surface area contributed by atoms with Crippen molar-refractivity contribution >= 4 is 17.2 Å². The zero-order chi connectivity index (χ0) is 19.0. The Morgan fingerprint density at radius 1 is 1.11 bits per heavy atom. The van der Waals surface area contributed by atoms with Gasteiger partial charge >= 0.3 is 0 Å². The summed E-state index contributed by atoms with van der Waals surface area (Å²) in [5.74, 6) is 2.11. The van der Waals surface area contributed by atoms with Gasteiger partial charge in [-0.05, 0) is 6.92 Å². The number of rotatable bonds is 3. The molecule has 7 heteroatoms. The van der Waals surface area contributed by atoms with Crippen molar-refractivity contribution in [1.29, 1.82) is 0 Å². The van der Waals surface area contributed by atoms with Crippen molar-refractivity contribution in [3.63, 3.8) is 0 Å². The van der Waals surface area contributed by atoms with Crippen LogP contribution >= 0.6 is 11.3 Å². The zero-order valence-electron chi connectivity index (χ0n) is 15.8. The second-order valence-electron chi connectivity index (χ2n) is 7.10. The summed E-state index contributed by atoms with van der Waals surface area (Å²) in [5, 5.41) is 5.67. The third-order valence-corrected chi connectivity index (χ3v) is 6.20. The molecule has 1 aromatic carbocycles. The highest BCUT2D eigenvalue weighted by molar-refractivity contribution is 7.13.